The van der Waals surface area contributed by atoms with Gasteiger partial charge in [-0.2, -0.15) is 0 Å². The van der Waals surface area contributed by atoms with Gasteiger partial charge in [0.25, 0.3) is 0 Å². The molecule has 2 heterocycles. The summed E-state index contributed by atoms with van der Waals surface area (Å²) in [5, 5.41) is 1.80. The van der Waals surface area contributed by atoms with Gasteiger partial charge in [-0.3, -0.25) is 0 Å². The SMILES string of the molecule is CN(c1nc2ccccc2cc1CBr)C1CCS(=O)(=O)C1. The van der Waals surface area contributed by atoms with Crippen LogP contribution in [0.1, 0.15) is 12.0 Å². The molecule has 21 heavy (non-hydrogen) atoms. The molecule has 0 saturated carbocycles. The molecule has 1 aromatic carbocycles. The average molecular weight is 369 g/mol. The number of para-hydroxylation sites is 1. The van der Waals surface area contributed by atoms with Gasteiger partial charge in [0.05, 0.1) is 17.0 Å². The molecule has 2 aromatic rings. The predicted octanol–water partition coefficient (Wildman–Crippen LogP) is 2.75. The first kappa shape index (κ1) is 14.8. The fourth-order valence-electron chi connectivity index (χ4n) is 2.81. The maximum Gasteiger partial charge on any atom is 0.152 e. The maximum atomic E-state index is 11.7. The fraction of sp³-hybridized carbons (Fsp3) is 0.400. The van der Waals surface area contributed by atoms with Gasteiger partial charge in [0.15, 0.2) is 9.84 Å². The summed E-state index contributed by atoms with van der Waals surface area (Å²) in [6.07, 6.45) is 0.676. The van der Waals surface area contributed by atoms with E-state index in [0.29, 0.717) is 11.8 Å². The van der Waals surface area contributed by atoms with Crippen LogP contribution in [0.5, 0.6) is 0 Å². The summed E-state index contributed by atoms with van der Waals surface area (Å²) in [6.45, 7) is 0. The summed E-state index contributed by atoms with van der Waals surface area (Å²) >= 11 is 3.51. The number of hydrogen-bond donors (Lipinski definition) is 0. The Hall–Kier alpha value is -1.14. The van der Waals surface area contributed by atoms with Gasteiger partial charge in [0, 0.05) is 29.4 Å². The Morgan fingerprint density at radius 2 is 2.14 bits per heavy atom. The largest absolute Gasteiger partial charge is 0.355 e. The molecule has 1 aliphatic heterocycles. The first-order valence-corrected chi connectivity index (χ1v) is 9.82. The standard InChI is InChI=1S/C15H17BrN2O2S/c1-18(13-6-7-21(19,20)10-13)15-12(9-16)8-11-4-2-3-5-14(11)17-15/h2-5,8,13H,6-7,9-10H2,1H3. The van der Waals surface area contributed by atoms with Crippen molar-refractivity contribution in [2.75, 3.05) is 23.5 Å². The van der Waals surface area contributed by atoms with Crippen LogP contribution in [0, 0.1) is 0 Å². The molecular formula is C15H17BrN2O2S. The van der Waals surface area contributed by atoms with Crippen LogP contribution in [0.2, 0.25) is 0 Å². The molecule has 0 aliphatic carbocycles. The van der Waals surface area contributed by atoms with E-state index in [9.17, 15) is 8.42 Å². The molecule has 0 N–H and O–H groups in total. The van der Waals surface area contributed by atoms with Crippen molar-refractivity contribution in [3.8, 4) is 0 Å². The number of anilines is 1. The Balaban J connectivity index is 2.02. The molecule has 1 aliphatic rings. The first-order chi connectivity index (χ1) is 10.00. The molecule has 0 amide bonds. The van der Waals surface area contributed by atoms with E-state index in [1.165, 1.54) is 0 Å². The minimum atomic E-state index is -2.89. The van der Waals surface area contributed by atoms with E-state index in [-0.39, 0.29) is 17.5 Å². The van der Waals surface area contributed by atoms with E-state index in [2.05, 4.69) is 22.0 Å². The molecule has 1 saturated heterocycles. The van der Waals surface area contributed by atoms with Gasteiger partial charge in [-0.25, -0.2) is 13.4 Å². The summed E-state index contributed by atoms with van der Waals surface area (Å²) in [7, 11) is -0.952. The lowest BCUT2D eigenvalue weighted by atomic mass is 10.1. The van der Waals surface area contributed by atoms with Gasteiger partial charge < -0.3 is 4.90 Å². The Kier molecular flexibility index (Phi) is 3.92. The van der Waals surface area contributed by atoms with E-state index in [1.54, 1.807) is 0 Å². The zero-order valence-electron chi connectivity index (χ0n) is 11.8. The third-order valence-electron chi connectivity index (χ3n) is 4.01. The number of benzene rings is 1. The monoisotopic (exact) mass is 368 g/mol. The van der Waals surface area contributed by atoms with E-state index in [1.807, 2.05) is 36.2 Å². The van der Waals surface area contributed by atoms with Crippen LogP contribution in [0.25, 0.3) is 10.9 Å². The smallest absolute Gasteiger partial charge is 0.152 e. The lowest BCUT2D eigenvalue weighted by molar-refractivity contribution is 0.600. The highest BCUT2D eigenvalue weighted by Crippen LogP contribution is 2.28. The highest BCUT2D eigenvalue weighted by molar-refractivity contribution is 9.08. The highest BCUT2D eigenvalue weighted by Gasteiger charge is 2.32. The summed E-state index contributed by atoms with van der Waals surface area (Å²) in [5.74, 6) is 1.37. The van der Waals surface area contributed by atoms with Crippen LogP contribution >= 0.6 is 15.9 Å². The van der Waals surface area contributed by atoms with Crippen LogP contribution in [0.4, 0.5) is 5.82 Å². The molecule has 6 heteroatoms. The lowest BCUT2D eigenvalue weighted by Crippen LogP contribution is -2.33. The Morgan fingerprint density at radius 1 is 1.38 bits per heavy atom. The van der Waals surface area contributed by atoms with E-state index in [0.717, 1.165) is 22.3 Å². The summed E-state index contributed by atoms with van der Waals surface area (Å²) < 4.78 is 23.4. The first-order valence-electron chi connectivity index (χ1n) is 6.88. The van der Waals surface area contributed by atoms with Crippen molar-refractivity contribution in [1.82, 2.24) is 4.98 Å². The number of alkyl halides is 1. The number of aromatic nitrogens is 1. The maximum absolute atomic E-state index is 11.7. The normalized spacial score (nSPS) is 20.8. The zero-order chi connectivity index (χ0) is 15.0. The number of pyridine rings is 1. The minimum Gasteiger partial charge on any atom is -0.355 e. The molecular weight excluding hydrogens is 352 g/mol. The third-order valence-corrected chi connectivity index (χ3v) is 6.37. The van der Waals surface area contributed by atoms with Crippen molar-refractivity contribution >= 4 is 42.5 Å². The van der Waals surface area contributed by atoms with E-state index >= 15 is 0 Å². The second kappa shape index (κ2) is 5.57. The predicted molar refractivity (Wildman–Crippen MR) is 89.8 cm³/mol. The Bertz CT molecular complexity index is 776. The van der Waals surface area contributed by atoms with Gasteiger partial charge in [-0.05, 0) is 18.6 Å². The third kappa shape index (κ3) is 2.92. The number of hydrogen-bond acceptors (Lipinski definition) is 4. The number of sulfone groups is 1. The van der Waals surface area contributed by atoms with E-state index in [4.69, 9.17) is 4.98 Å². The topological polar surface area (TPSA) is 50.3 Å². The van der Waals surface area contributed by atoms with Crippen molar-refractivity contribution in [2.45, 2.75) is 17.8 Å². The molecule has 112 valence electrons. The van der Waals surface area contributed by atoms with Crippen LogP contribution in [-0.2, 0) is 15.2 Å². The molecule has 0 bridgehead atoms. The molecule has 1 fully saturated rings. The van der Waals surface area contributed by atoms with Crippen LogP contribution in [-0.4, -0.2) is 38.0 Å². The van der Waals surface area contributed by atoms with Gasteiger partial charge >= 0.3 is 0 Å². The number of fused-ring (bicyclic) bond motifs is 1. The molecule has 1 aromatic heterocycles. The zero-order valence-corrected chi connectivity index (χ0v) is 14.2. The molecule has 3 rings (SSSR count). The van der Waals surface area contributed by atoms with Crippen molar-refractivity contribution in [3.63, 3.8) is 0 Å². The van der Waals surface area contributed by atoms with E-state index < -0.39 is 9.84 Å². The van der Waals surface area contributed by atoms with Crippen molar-refractivity contribution in [2.24, 2.45) is 0 Å². The summed E-state index contributed by atoms with van der Waals surface area (Å²) in [6, 6.07) is 10.1. The second-order valence-corrected chi connectivity index (χ2v) is 8.25. The lowest BCUT2D eigenvalue weighted by Gasteiger charge is -2.26. The average Bonchev–Trinajstić information content (AvgIpc) is 2.85. The van der Waals surface area contributed by atoms with Crippen LogP contribution in [0.15, 0.2) is 30.3 Å². The quantitative estimate of drug-likeness (QED) is 0.781. The van der Waals surface area contributed by atoms with Crippen molar-refractivity contribution < 1.29 is 8.42 Å². The van der Waals surface area contributed by atoms with Gasteiger partial charge in [0.2, 0.25) is 0 Å². The number of rotatable bonds is 3. The molecule has 1 atom stereocenters. The number of halogens is 1. The molecule has 4 nitrogen and oxygen atoms in total. The molecule has 0 radical (unpaired) electrons. The fourth-order valence-corrected chi connectivity index (χ4v) is 4.99. The summed E-state index contributed by atoms with van der Waals surface area (Å²) in [4.78, 5) is 6.76. The minimum absolute atomic E-state index is 0.0152. The highest BCUT2D eigenvalue weighted by atomic mass is 79.9. The Morgan fingerprint density at radius 3 is 2.81 bits per heavy atom. The van der Waals surface area contributed by atoms with Crippen molar-refractivity contribution in [1.29, 1.82) is 0 Å². The molecule has 0 spiro atoms. The molecule has 1 unspecified atom stereocenters. The van der Waals surface area contributed by atoms with Gasteiger partial charge in [0.1, 0.15) is 5.82 Å². The second-order valence-electron chi connectivity index (χ2n) is 5.47. The van der Waals surface area contributed by atoms with Crippen molar-refractivity contribution in [3.05, 3.63) is 35.9 Å². The van der Waals surface area contributed by atoms with Crippen LogP contribution < -0.4 is 4.90 Å². The van der Waals surface area contributed by atoms with Crippen LogP contribution in [0.3, 0.4) is 0 Å². The van der Waals surface area contributed by atoms with Gasteiger partial charge in [-0.15, -0.1) is 0 Å². The Labute approximate surface area is 133 Å². The summed E-state index contributed by atoms with van der Waals surface area (Å²) in [5.41, 5.74) is 2.02. The number of nitrogens with zero attached hydrogens (tertiary/aromatic N) is 2. The van der Waals surface area contributed by atoms with Gasteiger partial charge in [-0.1, -0.05) is 34.1 Å².